The number of benzene rings is 2. The standard InChI is InChI=1S/C17H20N2/c1-2-19(15-8-4-3-5-9-15)17-10-6-7-14-13-18-12-11-16(14)17/h3-10,18H,2,11-13H2,1H3. The topological polar surface area (TPSA) is 15.3 Å². The van der Waals surface area contributed by atoms with Gasteiger partial charge in [-0.3, -0.25) is 0 Å². The lowest BCUT2D eigenvalue weighted by Gasteiger charge is -2.29. The van der Waals surface area contributed by atoms with Crippen LogP contribution in [0.3, 0.4) is 0 Å². The summed E-state index contributed by atoms with van der Waals surface area (Å²) in [6.07, 6.45) is 1.12. The fraction of sp³-hybridized carbons (Fsp3) is 0.294. The van der Waals surface area contributed by atoms with E-state index >= 15 is 0 Å². The Kier molecular flexibility index (Phi) is 3.51. The van der Waals surface area contributed by atoms with Crippen LogP contribution in [-0.2, 0) is 13.0 Å². The van der Waals surface area contributed by atoms with Crippen molar-refractivity contribution in [2.75, 3.05) is 18.0 Å². The molecular weight excluding hydrogens is 232 g/mol. The van der Waals surface area contributed by atoms with E-state index in [0.717, 1.165) is 26.1 Å². The highest BCUT2D eigenvalue weighted by atomic mass is 15.1. The molecule has 1 N–H and O–H groups in total. The van der Waals surface area contributed by atoms with E-state index in [9.17, 15) is 0 Å². The van der Waals surface area contributed by atoms with Gasteiger partial charge in [0.05, 0.1) is 0 Å². The first-order valence-corrected chi connectivity index (χ1v) is 7.04. The Morgan fingerprint density at radius 1 is 1.05 bits per heavy atom. The van der Waals surface area contributed by atoms with Crippen molar-refractivity contribution in [1.29, 1.82) is 0 Å². The summed E-state index contributed by atoms with van der Waals surface area (Å²) in [5, 5.41) is 3.45. The first-order chi connectivity index (χ1) is 9.40. The fourth-order valence-corrected chi connectivity index (χ4v) is 2.86. The Morgan fingerprint density at radius 3 is 2.68 bits per heavy atom. The monoisotopic (exact) mass is 252 g/mol. The molecule has 1 heterocycles. The minimum absolute atomic E-state index is 0.994. The van der Waals surface area contributed by atoms with E-state index < -0.39 is 0 Å². The van der Waals surface area contributed by atoms with Crippen LogP contribution in [0.15, 0.2) is 48.5 Å². The minimum Gasteiger partial charge on any atom is -0.342 e. The fourth-order valence-electron chi connectivity index (χ4n) is 2.86. The SMILES string of the molecule is CCN(c1ccccc1)c1cccc2c1CCNC2. The van der Waals surface area contributed by atoms with Crippen molar-refractivity contribution < 1.29 is 0 Å². The third kappa shape index (κ3) is 2.36. The van der Waals surface area contributed by atoms with Gasteiger partial charge < -0.3 is 10.2 Å². The maximum absolute atomic E-state index is 3.45. The molecule has 3 rings (SSSR count). The number of hydrogen-bond acceptors (Lipinski definition) is 2. The maximum Gasteiger partial charge on any atom is 0.0446 e. The van der Waals surface area contributed by atoms with Gasteiger partial charge in [0.15, 0.2) is 0 Å². The van der Waals surface area contributed by atoms with Crippen molar-refractivity contribution in [2.24, 2.45) is 0 Å². The van der Waals surface area contributed by atoms with Crippen LogP contribution in [0.1, 0.15) is 18.1 Å². The largest absolute Gasteiger partial charge is 0.342 e. The molecule has 98 valence electrons. The van der Waals surface area contributed by atoms with Crippen molar-refractivity contribution in [3.05, 3.63) is 59.7 Å². The molecular formula is C17H20N2. The lowest BCUT2D eigenvalue weighted by molar-refractivity contribution is 0.643. The zero-order chi connectivity index (χ0) is 13.1. The first-order valence-electron chi connectivity index (χ1n) is 7.04. The molecule has 19 heavy (non-hydrogen) atoms. The van der Waals surface area contributed by atoms with E-state index in [-0.39, 0.29) is 0 Å². The molecule has 0 radical (unpaired) electrons. The van der Waals surface area contributed by atoms with Gasteiger partial charge in [0.2, 0.25) is 0 Å². The van der Waals surface area contributed by atoms with Gasteiger partial charge in [-0.1, -0.05) is 30.3 Å². The second-order valence-electron chi connectivity index (χ2n) is 4.92. The smallest absolute Gasteiger partial charge is 0.0446 e. The first kappa shape index (κ1) is 12.2. The third-order valence-electron chi connectivity index (χ3n) is 3.79. The van der Waals surface area contributed by atoms with Gasteiger partial charge >= 0.3 is 0 Å². The molecule has 1 aliphatic rings. The quantitative estimate of drug-likeness (QED) is 0.899. The summed E-state index contributed by atoms with van der Waals surface area (Å²) in [7, 11) is 0. The summed E-state index contributed by atoms with van der Waals surface area (Å²) in [4.78, 5) is 2.41. The van der Waals surface area contributed by atoms with E-state index in [2.05, 4.69) is 65.7 Å². The maximum atomic E-state index is 3.45. The predicted octanol–water partition coefficient (Wildman–Crippen LogP) is 3.49. The van der Waals surface area contributed by atoms with Crippen LogP contribution in [-0.4, -0.2) is 13.1 Å². The molecule has 0 spiro atoms. The summed E-state index contributed by atoms with van der Waals surface area (Å²) in [6, 6.07) is 17.3. The number of rotatable bonds is 3. The van der Waals surface area contributed by atoms with Crippen LogP contribution < -0.4 is 10.2 Å². The number of fused-ring (bicyclic) bond motifs is 1. The number of para-hydroxylation sites is 1. The van der Waals surface area contributed by atoms with Crippen molar-refractivity contribution in [2.45, 2.75) is 19.9 Å². The second-order valence-corrected chi connectivity index (χ2v) is 4.92. The third-order valence-corrected chi connectivity index (χ3v) is 3.79. The van der Waals surface area contributed by atoms with Gasteiger partial charge in [-0.05, 0) is 49.2 Å². The molecule has 0 fully saturated rings. The Labute approximate surface area is 115 Å². The van der Waals surface area contributed by atoms with E-state index in [4.69, 9.17) is 0 Å². The van der Waals surface area contributed by atoms with Gasteiger partial charge in [0.25, 0.3) is 0 Å². The Morgan fingerprint density at radius 2 is 1.89 bits per heavy atom. The van der Waals surface area contributed by atoms with Crippen LogP contribution in [0, 0.1) is 0 Å². The predicted molar refractivity (Wildman–Crippen MR) is 81.0 cm³/mol. The van der Waals surface area contributed by atoms with Crippen LogP contribution in [0.2, 0.25) is 0 Å². The van der Waals surface area contributed by atoms with Crippen molar-refractivity contribution in [3.8, 4) is 0 Å². The van der Waals surface area contributed by atoms with Crippen molar-refractivity contribution in [3.63, 3.8) is 0 Å². The number of anilines is 2. The summed E-state index contributed by atoms with van der Waals surface area (Å²) < 4.78 is 0. The summed E-state index contributed by atoms with van der Waals surface area (Å²) in [6.45, 7) is 5.28. The van der Waals surface area contributed by atoms with Gasteiger partial charge in [0.1, 0.15) is 0 Å². The Balaban J connectivity index is 2.05. The molecule has 0 atom stereocenters. The number of hydrogen-bond donors (Lipinski definition) is 1. The molecule has 2 heteroatoms. The van der Waals surface area contributed by atoms with Crippen LogP contribution in [0.5, 0.6) is 0 Å². The Bertz CT molecular complexity index is 548. The number of nitrogens with one attached hydrogen (secondary N) is 1. The van der Waals surface area contributed by atoms with E-state index in [1.165, 1.54) is 22.5 Å². The molecule has 0 aromatic heterocycles. The van der Waals surface area contributed by atoms with Gasteiger partial charge in [-0.15, -0.1) is 0 Å². The Hall–Kier alpha value is -1.80. The molecule has 0 aliphatic carbocycles. The molecule has 0 amide bonds. The lowest BCUT2D eigenvalue weighted by Crippen LogP contribution is -2.26. The normalized spacial score (nSPS) is 13.9. The zero-order valence-corrected chi connectivity index (χ0v) is 11.4. The van der Waals surface area contributed by atoms with Gasteiger partial charge in [-0.2, -0.15) is 0 Å². The molecule has 0 unspecified atom stereocenters. The molecule has 0 saturated carbocycles. The minimum atomic E-state index is 0.994. The molecule has 0 bridgehead atoms. The molecule has 1 aliphatic heterocycles. The molecule has 0 saturated heterocycles. The molecule has 2 aromatic rings. The highest BCUT2D eigenvalue weighted by Gasteiger charge is 2.16. The van der Waals surface area contributed by atoms with E-state index in [0.29, 0.717) is 0 Å². The second kappa shape index (κ2) is 5.45. The highest BCUT2D eigenvalue weighted by molar-refractivity contribution is 5.68. The van der Waals surface area contributed by atoms with Crippen molar-refractivity contribution >= 4 is 11.4 Å². The average molecular weight is 252 g/mol. The molecule has 2 nitrogen and oxygen atoms in total. The number of nitrogens with zero attached hydrogens (tertiary/aromatic N) is 1. The summed E-state index contributed by atoms with van der Waals surface area (Å²) in [5.74, 6) is 0. The molecule has 2 aromatic carbocycles. The highest BCUT2D eigenvalue weighted by Crippen LogP contribution is 2.31. The summed E-state index contributed by atoms with van der Waals surface area (Å²) >= 11 is 0. The van der Waals surface area contributed by atoms with E-state index in [1.807, 2.05) is 0 Å². The van der Waals surface area contributed by atoms with Crippen molar-refractivity contribution in [1.82, 2.24) is 5.32 Å². The van der Waals surface area contributed by atoms with Crippen LogP contribution in [0.25, 0.3) is 0 Å². The zero-order valence-electron chi connectivity index (χ0n) is 11.4. The lowest BCUT2D eigenvalue weighted by atomic mass is 9.98. The average Bonchev–Trinajstić information content (AvgIpc) is 2.49. The van der Waals surface area contributed by atoms with Gasteiger partial charge in [0, 0.05) is 24.5 Å². The van der Waals surface area contributed by atoms with Crippen LogP contribution >= 0.6 is 0 Å². The van der Waals surface area contributed by atoms with Crippen LogP contribution in [0.4, 0.5) is 11.4 Å². The van der Waals surface area contributed by atoms with E-state index in [1.54, 1.807) is 0 Å². The van der Waals surface area contributed by atoms with Gasteiger partial charge in [-0.25, -0.2) is 0 Å². The summed E-state index contributed by atoms with van der Waals surface area (Å²) in [5.41, 5.74) is 5.59.